The zero-order valence-electron chi connectivity index (χ0n) is 12.8. The van der Waals surface area contributed by atoms with Crippen molar-refractivity contribution in [3.05, 3.63) is 48.8 Å². The summed E-state index contributed by atoms with van der Waals surface area (Å²) in [6, 6.07) is 10.9. The second-order valence-electron chi connectivity index (χ2n) is 5.13. The van der Waals surface area contributed by atoms with E-state index in [-0.39, 0.29) is 31.3 Å². The van der Waals surface area contributed by atoms with Gasteiger partial charge in [0.2, 0.25) is 11.8 Å². The summed E-state index contributed by atoms with van der Waals surface area (Å²) in [5.41, 5.74) is 2.16. The molecule has 0 saturated carbocycles. The molecule has 8 nitrogen and oxygen atoms in total. The lowest BCUT2D eigenvalue weighted by molar-refractivity contribution is -0.122. The lowest BCUT2D eigenvalue weighted by Crippen LogP contribution is -2.30. The van der Waals surface area contributed by atoms with Crippen LogP contribution in [-0.4, -0.2) is 38.3 Å². The second kappa shape index (κ2) is 7.32. The summed E-state index contributed by atoms with van der Waals surface area (Å²) in [5.74, 6) is -0.408. The number of fused-ring (bicyclic) bond motifs is 1. The standard InChI is InChI=1S/C16H16N6O2/c23-15(19-12-4-3-8-17-10-12)7-9-18-16(24)11-22-14-6-2-1-5-13(14)20-21-22/h1-6,8,10H,7,9,11H2,(H,18,24)(H,19,23). The summed E-state index contributed by atoms with van der Waals surface area (Å²) in [5, 5.41) is 13.3. The Morgan fingerprint density at radius 2 is 1.96 bits per heavy atom. The van der Waals surface area contributed by atoms with E-state index in [9.17, 15) is 9.59 Å². The number of para-hydroxylation sites is 1. The zero-order chi connectivity index (χ0) is 16.8. The normalized spacial score (nSPS) is 10.5. The van der Waals surface area contributed by atoms with E-state index < -0.39 is 0 Å². The molecule has 0 unspecified atom stereocenters. The van der Waals surface area contributed by atoms with Crippen LogP contribution in [0, 0.1) is 0 Å². The van der Waals surface area contributed by atoms with Gasteiger partial charge < -0.3 is 10.6 Å². The Kier molecular flexibility index (Phi) is 4.76. The van der Waals surface area contributed by atoms with E-state index in [1.807, 2.05) is 24.3 Å². The van der Waals surface area contributed by atoms with Crippen molar-refractivity contribution >= 4 is 28.5 Å². The highest BCUT2D eigenvalue weighted by atomic mass is 16.2. The monoisotopic (exact) mass is 324 g/mol. The van der Waals surface area contributed by atoms with Crippen LogP contribution >= 0.6 is 0 Å². The molecule has 0 aliphatic rings. The van der Waals surface area contributed by atoms with Crippen LogP contribution in [0.3, 0.4) is 0 Å². The third-order valence-electron chi connectivity index (χ3n) is 3.33. The Morgan fingerprint density at radius 3 is 2.79 bits per heavy atom. The van der Waals surface area contributed by atoms with Gasteiger partial charge in [-0.2, -0.15) is 0 Å². The highest BCUT2D eigenvalue weighted by Crippen LogP contribution is 2.09. The highest BCUT2D eigenvalue weighted by molar-refractivity contribution is 5.91. The van der Waals surface area contributed by atoms with E-state index in [1.165, 1.54) is 4.68 Å². The predicted molar refractivity (Wildman–Crippen MR) is 88.0 cm³/mol. The van der Waals surface area contributed by atoms with Crippen molar-refractivity contribution in [2.75, 3.05) is 11.9 Å². The van der Waals surface area contributed by atoms with Crippen molar-refractivity contribution in [1.29, 1.82) is 0 Å². The van der Waals surface area contributed by atoms with Gasteiger partial charge in [0, 0.05) is 19.2 Å². The maximum absolute atomic E-state index is 12.0. The largest absolute Gasteiger partial charge is 0.354 e. The topological polar surface area (TPSA) is 102 Å². The van der Waals surface area contributed by atoms with Crippen molar-refractivity contribution < 1.29 is 9.59 Å². The fraction of sp³-hybridized carbons (Fsp3) is 0.188. The number of amides is 2. The third kappa shape index (κ3) is 3.92. The SMILES string of the molecule is O=C(Cn1nnc2ccccc21)NCCC(=O)Nc1cccnc1. The van der Waals surface area contributed by atoms with Crippen LogP contribution < -0.4 is 10.6 Å². The molecule has 3 aromatic rings. The van der Waals surface area contributed by atoms with E-state index in [0.29, 0.717) is 5.69 Å². The van der Waals surface area contributed by atoms with Gasteiger partial charge >= 0.3 is 0 Å². The Balaban J connectivity index is 1.45. The van der Waals surface area contributed by atoms with Gasteiger partial charge in [-0.05, 0) is 24.3 Å². The molecule has 0 atom stereocenters. The molecule has 0 aliphatic carbocycles. The summed E-state index contributed by atoms with van der Waals surface area (Å²) in [6.45, 7) is 0.308. The number of carbonyl (C=O) groups excluding carboxylic acids is 2. The zero-order valence-corrected chi connectivity index (χ0v) is 12.8. The molecule has 2 N–H and O–H groups in total. The van der Waals surface area contributed by atoms with Gasteiger partial charge in [-0.3, -0.25) is 14.6 Å². The van der Waals surface area contributed by atoms with Gasteiger partial charge in [-0.1, -0.05) is 17.3 Å². The van der Waals surface area contributed by atoms with Gasteiger partial charge in [-0.15, -0.1) is 5.10 Å². The molecule has 0 fully saturated rings. The molecule has 2 aromatic heterocycles. The van der Waals surface area contributed by atoms with Gasteiger partial charge in [0.15, 0.2) is 0 Å². The molecule has 0 radical (unpaired) electrons. The average Bonchev–Trinajstić information content (AvgIpc) is 2.99. The molecule has 3 rings (SSSR count). The second-order valence-corrected chi connectivity index (χ2v) is 5.13. The van der Waals surface area contributed by atoms with E-state index in [4.69, 9.17) is 0 Å². The number of benzene rings is 1. The molecule has 24 heavy (non-hydrogen) atoms. The molecule has 2 amide bonds. The minimum atomic E-state index is -0.222. The van der Waals surface area contributed by atoms with Crippen LogP contribution in [0.25, 0.3) is 11.0 Å². The molecule has 1 aromatic carbocycles. The van der Waals surface area contributed by atoms with Crippen LogP contribution in [0.15, 0.2) is 48.8 Å². The first kappa shape index (κ1) is 15.6. The van der Waals surface area contributed by atoms with E-state index in [1.54, 1.807) is 24.5 Å². The molecular formula is C16H16N6O2. The molecule has 122 valence electrons. The summed E-state index contributed by atoms with van der Waals surface area (Å²) >= 11 is 0. The van der Waals surface area contributed by atoms with Crippen LogP contribution in [-0.2, 0) is 16.1 Å². The maximum Gasteiger partial charge on any atom is 0.241 e. The number of hydrogen-bond donors (Lipinski definition) is 2. The number of rotatable bonds is 6. The van der Waals surface area contributed by atoms with E-state index in [0.717, 1.165) is 11.0 Å². The lowest BCUT2D eigenvalue weighted by Gasteiger charge is -2.06. The van der Waals surface area contributed by atoms with Crippen LogP contribution in [0.2, 0.25) is 0 Å². The predicted octanol–water partition coefficient (Wildman–Crippen LogP) is 0.971. The summed E-state index contributed by atoms with van der Waals surface area (Å²) in [6.07, 6.45) is 3.37. The highest BCUT2D eigenvalue weighted by Gasteiger charge is 2.09. The van der Waals surface area contributed by atoms with Crippen molar-refractivity contribution in [3.8, 4) is 0 Å². The molecular weight excluding hydrogens is 308 g/mol. The average molecular weight is 324 g/mol. The van der Waals surface area contributed by atoms with Crippen molar-refractivity contribution in [3.63, 3.8) is 0 Å². The number of carbonyl (C=O) groups is 2. The minimum absolute atomic E-state index is 0.0603. The Morgan fingerprint density at radius 1 is 1.08 bits per heavy atom. The Bertz CT molecular complexity index is 846. The molecule has 2 heterocycles. The van der Waals surface area contributed by atoms with Crippen LogP contribution in [0.1, 0.15) is 6.42 Å². The van der Waals surface area contributed by atoms with Gasteiger partial charge in [0.25, 0.3) is 0 Å². The fourth-order valence-corrected chi connectivity index (χ4v) is 2.20. The third-order valence-corrected chi connectivity index (χ3v) is 3.33. The van der Waals surface area contributed by atoms with Crippen molar-refractivity contribution in [2.24, 2.45) is 0 Å². The fourth-order valence-electron chi connectivity index (χ4n) is 2.20. The number of aromatic nitrogens is 4. The number of anilines is 1. The van der Waals surface area contributed by atoms with Gasteiger partial charge in [-0.25, -0.2) is 4.68 Å². The van der Waals surface area contributed by atoms with Crippen molar-refractivity contribution in [1.82, 2.24) is 25.3 Å². The molecule has 0 bridgehead atoms. The number of hydrogen-bond acceptors (Lipinski definition) is 5. The molecule has 8 heteroatoms. The first-order valence-corrected chi connectivity index (χ1v) is 7.47. The van der Waals surface area contributed by atoms with E-state index in [2.05, 4.69) is 25.9 Å². The molecule has 0 saturated heterocycles. The van der Waals surface area contributed by atoms with Crippen molar-refractivity contribution in [2.45, 2.75) is 13.0 Å². The summed E-state index contributed by atoms with van der Waals surface area (Å²) in [7, 11) is 0. The Hall–Kier alpha value is -3.29. The maximum atomic E-state index is 12.0. The van der Waals surface area contributed by atoms with Crippen LogP contribution in [0.4, 0.5) is 5.69 Å². The number of nitrogens with one attached hydrogen (secondary N) is 2. The van der Waals surface area contributed by atoms with Gasteiger partial charge in [0.1, 0.15) is 12.1 Å². The number of nitrogens with zero attached hydrogens (tertiary/aromatic N) is 4. The summed E-state index contributed by atoms with van der Waals surface area (Å²) in [4.78, 5) is 27.6. The Labute approximate surface area is 137 Å². The van der Waals surface area contributed by atoms with E-state index >= 15 is 0 Å². The molecule has 0 aliphatic heterocycles. The number of pyridine rings is 1. The summed E-state index contributed by atoms with van der Waals surface area (Å²) < 4.78 is 1.53. The lowest BCUT2D eigenvalue weighted by atomic mass is 10.3. The quantitative estimate of drug-likeness (QED) is 0.703. The first-order valence-electron chi connectivity index (χ1n) is 7.47. The minimum Gasteiger partial charge on any atom is -0.354 e. The molecule has 0 spiro atoms. The smallest absolute Gasteiger partial charge is 0.241 e. The van der Waals surface area contributed by atoms with Gasteiger partial charge in [0.05, 0.1) is 17.4 Å². The first-order chi connectivity index (χ1) is 11.7. The van der Waals surface area contributed by atoms with Crippen LogP contribution in [0.5, 0.6) is 0 Å².